The van der Waals surface area contributed by atoms with E-state index in [4.69, 9.17) is 10.2 Å². The van der Waals surface area contributed by atoms with Crippen LogP contribution >= 0.6 is 0 Å². The summed E-state index contributed by atoms with van der Waals surface area (Å²) in [5.41, 5.74) is -0.455. The molecule has 0 amide bonds. The van der Waals surface area contributed by atoms with Crippen LogP contribution < -0.4 is 0 Å². The van der Waals surface area contributed by atoms with Gasteiger partial charge in [0.1, 0.15) is 11.3 Å². The normalized spacial score (nSPS) is 20.1. The molecule has 20 heavy (non-hydrogen) atoms. The highest BCUT2D eigenvalue weighted by atomic mass is 32.2. The van der Waals surface area contributed by atoms with Gasteiger partial charge in [-0.25, -0.2) is 13.2 Å². The molecule has 1 atom stereocenters. The first kappa shape index (κ1) is 14.8. The van der Waals surface area contributed by atoms with Crippen molar-refractivity contribution < 1.29 is 28.5 Å². The number of aromatic carboxylic acids is 1. The van der Waals surface area contributed by atoms with Crippen LogP contribution in [0.2, 0.25) is 0 Å². The third-order valence-electron chi connectivity index (χ3n) is 3.34. The largest absolute Gasteiger partial charge is 0.507 e. The first-order chi connectivity index (χ1) is 9.36. The molecule has 3 N–H and O–H groups in total. The second-order valence-corrected chi connectivity index (χ2v) is 6.62. The number of sulfonamides is 1. The summed E-state index contributed by atoms with van der Waals surface area (Å²) in [5, 5.41) is 27.3. The van der Waals surface area contributed by atoms with Crippen LogP contribution in [0.5, 0.6) is 5.75 Å². The third-order valence-corrected chi connectivity index (χ3v) is 5.20. The minimum absolute atomic E-state index is 0.0814. The van der Waals surface area contributed by atoms with E-state index in [1.54, 1.807) is 0 Å². The zero-order valence-electron chi connectivity index (χ0n) is 10.6. The summed E-state index contributed by atoms with van der Waals surface area (Å²) in [6, 6.07) is 3.17. The molecule has 1 saturated heterocycles. The van der Waals surface area contributed by atoms with Gasteiger partial charge in [-0.3, -0.25) is 0 Å². The second-order valence-electron chi connectivity index (χ2n) is 4.68. The number of hydrogen-bond acceptors (Lipinski definition) is 5. The molecular weight excluding hydrogens is 286 g/mol. The Morgan fingerprint density at radius 3 is 2.65 bits per heavy atom. The van der Waals surface area contributed by atoms with Crippen LogP contribution in [0.15, 0.2) is 23.1 Å². The predicted octanol–water partition coefficient (Wildman–Crippen LogP) is 0.0933. The van der Waals surface area contributed by atoms with E-state index in [-0.39, 0.29) is 30.5 Å². The first-order valence-corrected chi connectivity index (χ1v) is 7.47. The second kappa shape index (κ2) is 5.39. The van der Waals surface area contributed by atoms with Gasteiger partial charge in [-0.1, -0.05) is 0 Å². The molecule has 2 rings (SSSR count). The molecule has 1 aliphatic heterocycles. The quantitative estimate of drug-likeness (QED) is 0.726. The molecule has 110 valence electrons. The van der Waals surface area contributed by atoms with Gasteiger partial charge in [0.25, 0.3) is 0 Å². The van der Waals surface area contributed by atoms with Gasteiger partial charge in [-0.15, -0.1) is 0 Å². The zero-order chi connectivity index (χ0) is 14.9. The van der Waals surface area contributed by atoms with Crippen molar-refractivity contribution in [3.63, 3.8) is 0 Å². The average molecular weight is 301 g/mol. The van der Waals surface area contributed by atoms with Gasteiger partial charge < -0.3 is 15.3 Å². The highest BCUT2D eigenvalue weighted by molar-refractivity contribution is 7.89. The maximum atomic E-state index is 12.4. The molecule has 1 fully saturated rings. The summed E-state index contributed by atoms with van der Waals surface area (Å²) in [6.45, 7) is 0.418. The van der Waals surface area contributed by atoms with E-state index in [9.17, 15) is 18.3 Å². The lowest BCUT2D eigenvalue weighted by atomic mass is 10.1. The Balaban J connectivity index is 2.35. The fourth-order valence-electron chi connectivity index (χ4n) is 2.16. The molecule has 1 heterocycles. The van der Waals surface area contributed by atoms with E-state index >= 15 is 0 Å². The summed E-state index contributed by atoms with van der Waals surface area (Å²) < 4.78 is 25.9. The SMILES string of the molecule is O=C(O)c1cc(S(=O)(=O)N2CCC(CO)C2)ccc1O. The van der Waals surface area contributed by atoms with Crippen LogP contribution in [0, 0.1) is 5.92 Å². The molecule has 0 saturated carbocycles. The van der Waals surface area contributed by atoms with E-state index in [1.165, 1.54) is 10.4 Å². The average Bonchev–Trinajstić information content (AvgIpc) is 2.88. The number of phenols is 1. The molecule has 0 spiro atoms. The van der Waals surface area contributed by atoms with E-state index in [0.717, 1.165) is 12.1 Å². The molecule has 1 aliphatic rings. The van der Waals surface area contributed by atoms with Crippen molar-refractivity contribution in [3.05, 3.63) is 23.8 Å². The summed E-state index contributed by atoms with van der Waals surface area (Å²) in [4.78, 5) is 10.7. The van der Waals surface area contributed by atoms with Crippen molar-refractivity contribution in [2.45, 2.75) is 11.3 Å². The molecule has 0 aliphatic carbocycles. The molecule has 1 aromatic carbocycles. The monoisotopic (exact) mass is 301 g/mol. The smallest absolute Gasteiger partial charge is 0.339 e. The van der Waals surface area contributed by atoms with Gasteiger partial charge in [-0.05, 0) is 30.5 Å². The standard InChI is InChI=1S/C12H15NO6S/c14-7-8-3-4-13(6-8)20(18,19)9-1-2-11(15)10(5-9)12(16)17/h1-2,5,8,14-15H,3-4,6-7H2,(H,16,17). The summed E-state index contributed by atoms with van der Waals surface area (Å²) >= 11 is 0. The van der Waals surface area contributed by atoms with Crippen molar-refractivity contribution in [1.29, 1.82) is 0 Å². The van der Waals surface area contributed by atoms with E-state index < -0.39 is 27.3 Å². The Hall–Kier alpha value is -1.64. The number of aliphatic hydroxyl groups is 1. The zero-order valence-corrected chi connectivity index (χ0v) is 11.4. The molecule has 1 unspecified atom stereocenters. The van der Waals surface area contributed by atoms with Crippen LogP contribution in [-0.2, 0) is 10.0 Å². The van der Waals surface area contributed by atoms with Crippen LogP contribution in [0.4, 0.5) is 0 Å². The maximum absolute atomic E-state index is 12.4. The predicted molar refractivity (Wildman–Crippen MR) is 69.0 cm³/mol. The number of nitrogens with zero attached hydrogens (tertiary/aromatic N) is 1. The number of rotatable bonds is 4. The third kappa shape index (κ3) is 2.62. The fourth-order valence-corrected chi connectivity index (χ4v) is 3.72. The van der Waals surface area contributed by atoms with Gasteiger partial charge in [0, 0.05) is 19.7 Å². The number of carboxylic acid groups (broad SMARTS) is 1. The Kier molecular flexibility index (Phi) is 3.98. The van der Waals surface area contributed by atoms with Crippen LogP contribution in [0.1, 0.15) is 16.8 Å². The van der Waals surface area contributed by atoms with E-state index in [2.05, 4.69) is 0 Å². The highest BCUT2D eigenvalue weighted by Gasteiger charge is 2.32. The molecule has 0 aromatic heterocycles. The highest BCUT2D eigenvalue weighted by Crippen LogP contribution is 2.27. The van der Waals surface area contributed by atoms with Crippen molar-refractivity contribution in [1.82, 2.24) is 4.31 Å². The minimum Gasteiger partial charge on any atom is -0.507 e. The van der Waals surface area contributed by atoms with Crippen molar-refractivity contribution in [2.24, 2.45) is 5.92 Å². The molecule has 8 heteroatoms. The number of carboxylic acids is 1. The minimum atomic E-state index is -3.81. The number of aromatic hydroxyl groups is 1. The van der Waals surface area contributed by atoms with E-state index in [0.29, 0.717) is 6.42 Å². The molecule has 0 radical (unpaired) electrons. The topological polar surface area (TPSA) is 115 Å². The fraction of sp³-hybridized carbons (Fsp3) is 0.417. The lowest BCUT2D eigenvalue weighted by Gasteiger charge is -2.16. The molecule has 0 bridgehead atoms. The Labute approximate surface area is 116 Å². The summed E-state index contributed by atoms with van der Waals surface area (Å²) in [6.07, 6.45) is 0.569. The molecule has 7 nitrogen and oxygen atoms in total. The lowest BCUT2D eigenvalue weighted by Crippen LogP contribution is -2.29. The number of benzene rings is 1. The van der Waals surface area contributed by atoms with Gasteiger partial charge in [0.2, 0.25) is 10.0 Å². The van der Waals surface area contributed by atoms with Crippen molar-refractivity contribution >= 4 is 16.0 Å². The number of carbonyl (C=O) groups is 1. The van der Waals surface area contributed by atoms with Crippen LogP contribution in [0.25, 0.3) is 0 Å². The first-order valence-electron chi connectivity index (χ1n) is 6.03. The van der Waals surface area contributed by atoms with E-state index in [1.807, 2.05) is 0 Å². The Morgan fingerprint density at radius 1 is 1.40 bits per heavy atom. The lowest BCUT2D eigenvalue weighted by molar-refractivity contribution is 0.0693. The molecule has 1 aromatic rings. The summed E-state index contributed by atoms with van der Waals surface area (Å²) in [5.74, 6) is -1.97. The Bertz CT molecular complexity index is 627. The van der Waals surface area contributed by atoms with Gasteiger partial charge in [0.05, 0.1) is 4.90 Å². The number of aliphatic hydroxyl groups excluding tert-OH is 1. The summed E-state index contributed by atoms with van der Waals surface area (Å²) in [7, 11) is -3.81. The maximum Gasteiger partial charge on any atom is 0.339 e. The van der Waals surface area contributed by atoms with Gasteiger partial charge >= 0.3 is 5.97 Å². The number of hydrogen-bond donors (Lipinski definition) is 3. The Morgan fingerprint density at radius 2 is 2.10 bits per heavy atom. The van der Waals surface area contributed by atoms with Crippen molar-refractivity contribution in [3.8, 4) is 5.75 Å². The molecular formula is C12H15NO6S. The van der Waals surface area contributed by atoms with Gasteiger partial charge in [-0.2, -0.15) is 4.31 Å². The van der Waals surface area contributed by atoms with Crippen LogP contribution in [0.3, 0.4) is 0 Å². The van der Waals surface area contributed by atoms with Crippen molar-refractivity contribution in [2.75, 3.05) is 19.7 Å². The van der Waals surface area contributed by atoms with Crippen LogP contribution in [-0.4, -0.2) is 53.7 Å². The van der Waals surface area contributed by atoms with Gasteiger partial charge in [0.15, 0.2) is 0 Å².